The van der Waals surface area contributed by atoms with Crippen molar-refractivity contribution in [1.29, 1.82) is 0 Å². The summed E-state index contributed by atoms with van der Waals surface area (Å²) in [4.78, 5) is 17.6. The Balaban J connectivity index is 2.27. The molecule has 0 radical (unpaired) electrons. The fraction of sp³-hybridized carbons (Fsp3) is 0.500. The summed E-state index contributed by atoms with van der Waals surface area (Å²) in [5, 5.41) is 9.02. The molecule has 0 aliphatic rings. The Bertz CT molecular complexity index is 599. The van der Waals surface area contributed by atoms with E-state index < -0.39 is 5.97 Å². The lowest BCUT2D eigenvalue weighted by Gasteiger charge is -2.19. The summed E-state index contributed by atoms with van der Waals surface area (Å²) in [7, 11) is 0. The molecule has 1 aromatic heterocycles. The molecule has 2 aromatic rings. The molecule has 0 unspecified atom stereocenters. The molecular weight excluding hydrogens is 268 g/mol. The Kier molecular flexibility index (Phi) is 5.20. The number of benzene rings is 1. The number of rotatable bonds is 8. The first kappa shape index (κ1) is 15.4. The van der Waals surface area contributed by atoms with E-state index in [4.69, 9.17) is 9.52 Å². The second-order valence-electron chi connectivity index (χ2n) is 5.18. The number of oxazole rings is 1. The summed E-state index contributed by atoms with van der Waals surface area (Å²) in [6.45, 7) is 6.14. The van der Waals surface area contributed by atoms with Crippen molar-refractivity contribution in [2.75, 3.05) is 18.0 Å². The van der Waals surface area contributed by atoms with E-state index in [2.05, 4.69) is 23.7 Å². The van der Waals surface area contributed by atoms with Crippen molar-refractivity contribution in [3.8, 4) is 0 Å². The molecule has 0 spiro atoms. The third kappa shape index (κ3) is 3.74. The van der Waals surface area contributed by atoms with Gasteiger partial charge in [-0.15, -0.1) is 0 Å². The van der Waals surface area contributed by atoms with E-state index in [0.717, 1.165) is 38.8 Å². The molecule has 1 N–H and O–H groups in total. The van der Waals surface area contributed by atoms with Crippen LogP contribution in [0.5, 0.6) is 0 Å². The molecule has 1 aromatic carbocycles. The largest absolute Gasteiger partial charge is 0.478 e. The molecule has 0 aliphatic carbocycles. The highest BCUT2D eigenvalue weighted by atomic mass is 16.4. The Morgan fingerprint density at radius 2 is 1.90 bits per heavy atom. The number of hydrogen-bond donors (Lipinski definition) is 1. The lowest BCUT2D eigenvalue weighted by atomic mass is 10.2. The van der Waals surface area contributed by atoms with E-state index in [1.165, 1.54) is 6.07 Å². The molecule has 0 bridgehead atoms. The SMILES string of the molecule is CCCCN(CCCC)c1nc2ccc(C(=O)O)cc2o1. The van der Waals surface area contributed by atoms with Gasteiger partial charge in [-0.2, -0.15) is 4.98 Å². The topological polar surface area (TPSA) is 66.6 Å². The van der Waals surface area contributed by atoms with Crippen molar-refractivity contribution < 1.29 is 14.3 Å². The Labute approximate surface area is 124 Å². The summed E-state index contributed by atoms with van der Waals surface area (Å²) in [6.07, 6.45) is 4.41. The van der Waals surface area contributed by atoms with Crippen LogP contribution < -0.4 is 4.90 Å². The second-order valence-corrected chi connectivity index (χ2v) is 5.18. The van der Waals surface area contributed by atoms with E-state index in [0.29, 0.717) is 17.1 Å². The van der Waals surface area contributed by atoms with Gasteiger partial charge in [0.05, 0.1) is 5.56 Å². The van der Waals surface area contributed by atoms with Crippen LogP contribution in [0.2, 0.25) is 0 Å². The highest BCUT2D eigenvalue weighted by molar-refractivity contribution is 5.92. The minimum Gasteiger partial charge on any atom is -0.478 e. The fourth-order valence-corrected chi connectivity index (χ4v) is 2.18. The van der Waals surface area contributed by atoms with Crippen molar-refractivity contribution in [1.82, 2.24) is 4.98 Å². The first-order chi connectivity index (χ1) is 10.2. The highest BCUT2D eigenvalue weighted by Crippen LogP contribution is 2.23. The summed E-state index contributed by atoms with van der Waals surface area (Å²) in [6, 6.07) is 5.38. The Morgan fingerprint density at radius 1 is 1.24 bits per heavy atom. The van der Waals surface area contributed by atoms with Crippen molar-refractivity contribution in [2.45, 2.75) is 39.5 Å². The van der Waals surface area contributed by atoms with E-state index in [-0.39, 0.29) is 5.56 Å². The zero-order chi connectivity index (χ0) is 15.2. The Hall–Kier alpha value is -2.04. The van der Waals surface area contributed by atoms with Gasteiger partial charge in [-0.05, 0) is 31.0 Å². The molecule has 0 aliphatic heterocycles. The molecule has 0 atom stereocenters. The smallest absolute Gasteiger partial charge is 0.335 e. The number of aromatic nitrogens is 1. The number of unbranched alkanes of at least 4 members (excludes halogenated alkanes) is 2. The van der Waals surface area contributed by atoms with Crippen LogP contribution in [0.1, 0.15) is 49.9 Å². The molecule has 1 heterocycles. The molecule has 0 saturated carbocycles. The van der Waals surface area contributed by atoms with Crippen LogP contribution in [0, 0.1) is 0 Å². The molecule has 5 heteroatoms. The van der Waals surface area contributed by atoms with Crippen molar-refractivity contribution >= 4 is 23.1 Å². The highest BCUT2D eigenvalue weighted by Gasteiger charge is 2.14. The molecule has 0 saturated heterocycles. The second kappa shape index (κ2) is 7.11. The van der Waals surface area contributed by atoms with E-state index in [1.54, 1.807) is 12.1 Å². The Morgan fingerprint density at radius 3 is 2.48 bits per heavy atom. The standard InChI is InChI=1S/C16H22N2O3/c1-3-5-9-18(10-6-4-2)16-17-13-8-7-12(15(19)20)11-14(13)21-16/h7-8,11H,3-6,9-10H2,1-2H3,(H,19,20). The molecule has 0 fully saturated rings. The number of carbonyl (C=O) groups is 1. The maximum absolute atomic E-state index is 11.0. The average molecular weight is 290 g/mol. The number of carboxylic acids is 1. The molecule has 2 rings (SSSR count). The molecule has 0 amide bonds. The van der Waals surface area contributed by atoms with Gasteiger partial charge in [-0.25, -0.2) is 4.79 Å². The molecule has 114 valence electrons. The first-order valence-electron chi connectivity index (χ1n) is 7.54. The monoisotopic (exact) mass is 290 g/mol. The van der Waals surface area contributed by atoms with Gasteiger partial charge < -0.3 is 14.4 Å². The number of nitrogens with zero attached hydrogens (tertiary/aromatic N) is 2. The van der Waals surface area contributed by atoms with Gasteiger partial charge in [0.15, 0.2) is 5.58 Å². The van der Waals surface area contributed by atoms with Crippen molar-refractivity contribution in [3.63, 3.8) is 0 Å². The fourth-order valence-electron chi connectivity index (χ4n) is 2.18. The van der Waals surface area contributed by atoms with Crippen molar-refractivity contribution in [2.24, 2.45) is 0 Å². The first-order valence-corrected chi connectivity index (χ1v) is 7.54. The minimum absolute atomic E-state index is 0.221. The van der Waals surface area contributed by atoms with Crippen LogP contribution in [-0.2, 0) is 0 Å². The maximum atomic E-state index is 11.0. The van der Waals surface area contributed by atoms with Crippen LogP contribution in [-0.4, -0.2) is 29.1 Å². The van der Waals surface area contributed by atoms with Crippen LogP contribution >= 0.6 is 0 Å². The normalized spacial score (nSPS) is 11.0. The summed E-state index contributed by atoms with van der Waals surface area (Å²) in [5.41, 5.74) is 1.45. The van der Waals surface area contributed by atoms with Gasteiger partial charge in [-0.3, -0.25) is 0 Å². The van der Waals surface area contributed by atoms with E-state index >= 15 is 0 Å². The minimum atomic E-state index is -0.955. The van der Waals surface area contributed by atoms with Crippen LogP contribution in [0.3, 0.4) is 0 Å². The zero-order valence-corrected chi connectivity index (χ0v) is 12.6. The number of carboxylic acid groups (broad SMARTS) is 1. The lowest BCUT2D eigenvalue weighted by molar-refractivity contribution is 0.0697. The van der Waals surface area contributed by atoms with E-state index in [9.17, 15) is 4.79 Å². The third-order valence-corrected chi connectivity index (χ3v) is 3.46. The van der Waals surface area contributed by atoms with Gasteiger partial charge >= 0.3 is 5.97 Å². The summed E-state index contributed by atoms with van der Waals surface area (Å²) >= 11 is 0. The van der Waals surface area contributed by atoms with Crippen LogP contribution in [0.4, 0.5) is 6.01 Å². The third-order valence-electron chi connectivity index (χ3n) is 3.46. The van der Waals surface area contributed by atoms with Gasteiger partial charge in [-0.1, -0.05) is 26.7 Å². The predicted molar refractivity (Wildman–Crippen MR) is 83.0 cm³/mol. The zero-order valence-electron chi connectivity index (χ0n) is 12.6. The van der Waals surface area contributed by atoms with E-state index in [1.807, 2.05) is 0 Å². The number of anilines is 1. The molecular formula is C16H22N2O3. The maximum Gasteiger partial charge on any atom is 0.335 e. The molecule has 5 nitrogen and oxygen atoms in total. The number of hydrogen-bond acceptors (Lipinski definition) is 4. The lowest BCUT2D eigenvalue weighted by Crippen LogP contribution is -2.25. The summed E-state index contributed by atoms with van der Waals surface area (Å²) < 4.78 is 5.77. The van der Waals surface area contributed by atoms with Gasteiger partial charge in [0.1, 0.15) is 5.52 Å². The van der Waals surface area contributed by atoms with Crippen molar-refractivity contribution in [3.05, 3.63) is 23.8 Å². The van der Waals surface area contributed by atoms with Gasteiger partial charge in [0.25, 0.3) is 6.01 Å². The van der Waals surface area contributed by atoms with Crippen LogP contribution in [0.25, 0.3) is 11.1 Å². The average Bonchev–Trinajstić information content (AvgIpc) is 2.90. The predicted octanol–water partition coefficient (Wildman–Crippen LogP) is 3.93. The quantitative estimate of drug-likeness (QED) is 0.797. The van der Waals surface area contributed by atoms with Gasteiger partial charge in [0.2, 0.25) is 0 Å². The number of aromatic carboxylic acids is 1. The van der Waals surface area contributed by atoms with Crippen LogP contribution in [0.15, 0.2) is 22.6 Å². The summed E-state index contributed by atoms with van der Waals surface area (Å²) in [5.74, 6) is -0.955. The number of fused-ring (bicyclic) bond motifs is 1. The molecule has 21 heavy (non-hydrogen) atoms. The van der Waals surface area contributed by atoms with Gasteiger partial charge in [0, 0.05) is 13.1 Å².